The molecule has 5 nitrogen and oxygen atoms in total. The Kier molecular flexibility index (Phi) is 4.56. The first-order valence-corrected chi connectivity index (χ1v) is 8.57. The van der Waals surface area contributed by atoms with E-state index < -0.39 is 10.0 Å². The van der Waals surface area contributed by atoms with Gasteiger partial charge in [0.15, 0.2) is 0 Å². The highest BCUT2D eigenvalue weighted by atomic mass is 35.5. The average Bonchev–Trinajstić information content (AvgIpc) is 3.16. The van der Waals surface area contributed by atoms with Crippen LogP contribution in [0.1, 0.15) is 33.1 Å². The lowest BCUT2D eigenvalue weighted by atomic mass is 10.1. The molecular weight excluding hydrogens is 298 g/mol. The van der Waals surface area contributed by atoms with Crippen molar-refractivity contribution >= 4 is 27.4 Å². The van der Waals surface area contributed by atoms with Crippen LogP contribution in [0.2, 0.25) is 5.02 Å². The zero-order valence-electron chi connectivity index (χ0n) is 11.7. The highest BCUT2D eigenvalue weighted by Crippen LogP contribution is 2.33. The molecule has 1 fully saturated rings. The van der Waals surface area contributed by atoms with Crippen LogP contribution >= 0.6 is 11.6 Å². The van der Waals surface area contributed by atoms with Crippen LogP contribution < -0.4 is 5.73 Å². The molecule has 0 spiro atoms. The van der Waals surface area contributed by atoms with Crippen molar-refractivity contribution in [3.8, 4) is 0 Å². The van der Waals surface area contributed by atoms with Crippen LogP contribution in [0.5, 0.6) is 0 Å². The summed E-state index contributed by atoms with van der Waals surface area (Å²) in [6.07, 6.45) is 3.97. The number of aromatic nitrogens is 1. The number of halogens is 1. The summed E-state index contributed by atoms with van der Waals surface area (Å²) in [4.78, 5) is 3.96. The number of nitrogen functional groups attached to an aromatic ring is 1. The zero-order chi connectivity index (χ0) is 14.9. The second-order valence-corrected chi connectivity index (χ2v) is 7.87. The minimum absolute atomic E-state index is 0.118. The van der Waals surface area contributed by atoms with Crippen molar-refractivity contribution in [1.82, 2.24) is 9.29 Å². The SMILES string of the molecule is CC(C)CCN(C1CC1)S(=O)(=O)c1cnc(N)c(Cl)c1. The van der Waals surface area contributed by atoms with Crippen molar-refractivity contribution in [1.29, 1.82) is 0 Å². The molecule has 2 rings (SSSR count). The van der Waals surface area contributed by atoms with E-state index >= 15 is 0 Å². The smallest absolute Gasteiger partial charge is 0.244 e. The fraction of sp³-hybridized carbons (Fsp3) is 0.615. The zero-order valence-corrected chi connectivity index (χ0v) is 13.3. The van der Waals surface area contributed by atoms with E-state index in [1.54, 1.807) is 4.31 Å². The lowest BCUT2D eigenvalue weighted by molar-refractivity contribution is 0.373. The second-order valence-electron chi connectivity index (χ2n) is 5.57. The number of sulfonamides is 1. The van der Waals surface area contributed by atoms with Crippen molar-refractivity contribution in [3.05, 3.63) is 17.3 Å². The summed E-state index contributed by atoms with van der Waals surface area (Å²) in [5, 5.41) is 0.172. The predicted octanol–water partition coefficient (Wildman–Crippen LogP) is 2.52. The fourth-order valence-corrected chi connectivity index (χ4v) is 3.86. The van der Waals surface area contributed by atoms with Gasteiger partial charge >= 0.3 is 0 Å². The van der Waals surface area contributed by atoms with Crippen molar-refractivity contribution in [2.45, 2.75) is 44.0 Å². The van der Waals surface area contributed by atoms with Crippen molar-refractivity contribution < 1.29 is 8.42 Å². The summed E-state index contributed by atoms with van der Waals surface area (Å²) in [7, 11) is -3.54. The third kappa shape index (κ3) is 3.42. The maximum atomic E-state index is 12.7. The Balaban J connectivity index is 2.27. The van der Waals surface area contributed by atoms with Gasteiger partial charge in [0.2, 0.25) is 10.0 Å². The largest absolute Gasteiger partial charge is 0.382 e. The predicted molar refractivity (Wildman–Crippen MR) is 80.0 cm³/mol. The Morgan fingerprint density at radius 1 is 1.50 bits per heavy atom. The van der Waals surface area contributed by atoms with Crippen LogP contribution in [-0.4, -0.2) is 30.3 Å². The summed E-state index contributed by atoms with van der Waals surface area (Å²) in [5.41, 5.74) is 5.53. The van der Waals surface area contributed by atoms with Crippen molar-refractivity contribution in [2.75, 3.05) is 12.3 Å². The molecule has 0 aliphatic heterocycles. The third-order valence-electron chi connectivity index (χ3n) is 3.33. The summed E-state index contributed by atoms with van der Waals surface area (Å²) >= 11 is 5.88. The molecular formula is C13H20ClN3O2S. The lowest BCUT2D eigenvalue weighted by Gasteiger charge is -2.22. The number of nitrogens with two attached hydrogens (primary N) is 1. The number of anilines is 1. The van der Waals surface area contributed by atoms with Crippen molar-refractivity contribution in [3.63, 3.8) is 0 Å². The molecule has 1 heterocycles. The summed E-state index contributed by atoms with van der Waals surface area (Å²) < 4.78 is 26.9. The van der Waals surface area contributed by atoms with E-state index in [1.165, 1.54) is 12.3 Å². The van der Waals surface area contributed by atoms with E-state index in [4.69, 9.17) is 17.3 Å². The quantitative estimate of drug-likeness (QED) is 0.874. The van der Waals surface area contributed by atoms with E-state index in [2.05, 4.69) is 18.8 Å². The van der Waals surface area contributed by atoms with Crippen molar-refractivity contribution in [2.24, 2.45) is 5.92 Å². The Hall–Kier alpha value is -0.850. The van der Waals surface area contributed by atoms with Gasteiger partial charge < -0.3 is 5.73 Å². The van der Waals surface area contributed by atoms with Gasteiger partial charge in [-0.15, -0.1) is 0 Å². The molecule has 1 aromatic rings. The van der Waals surface area contributed by atoms with Gasteiger partial charge in [0.1, 0.15) is 10.7 Å². The minimum Gasteiger partial charge on any atom is -0.382 e. The molecule has 1 saturated carbocycles. The molecule has 112 valence electrons. The Morgan fingerprint density at radius 2 is 2.15 bits per heavy atom. The molecule has 1 aliphatic carbocycles. The number of hydrogen-bond acceptors (Lipinski definition) is 4. The highest BCUT2D eigenvalue weighted by molar-refractivity contribution is 7.89. The van der Waals surface area contributed by atoms with E-state index in [1.807, 2.05) is 0 Å². The topological polar surface area (TPSA) is 76.3 Å². The maximum Gasteiger partial charge on any atom is 0.244 e. The second kappa shape index (κ2) is 5.87. The molecule has 7 heteroatoms. The van der Waals surface area contributed by atoms with Gasteiger partial charge in [0.05, 0.1) is 5.02 Å². The van der Waals surface area contributed by atoms with Crippen LogP contribution in [-0.2, 0) is 10.0 Å². The first-order chi connectivity index (χ1) is 9.32. The van der Waals surface area contributed by atoms with Gasteiger partial charge in [0, 0.05) is 18.8 Å². The van der Waals surface area contributed by atoms with Crippen LogP contribution in [0, 0.1) is 5.92 Å². The van der Waals surface area contributed by atoms with Gasteiger partial charge in [-0.2, -0.15) is 4.31 Å². The first-order valence-electron chi connectivity index (χ1n) is 6.75. The van der Waals surface area contributed by atoms with Gasteiger partial charge in [-0.1, -0.05) is 25.4 Å². The number of nitrogens with zero attached hydrogens (tertiary/aromatic N) is 2. The minimum atomic E-state index is -3.54. The van der Waals surface area contributed by atoms with Gasteiger partial charge in [-0.05, 0) is 31.2 Å². The first kappa shape index (κ1) is 15.5. The molecule has 2 N–H and O–H groups in total. The molecule has 0 radical (unpaired) electrons. The number of pyridine rings is 1. The monoisotopic (exact) mass is 317 g/mol. The Morgan fingerprint density at radius 3 is 2.65 bits per heavy atom. The van der Waals surface area contributed by atoms with Crippen LogP contribution in [0.4, 0.5) is 5.82 Å². The molecule has 0 bridgehead atoms. The molecule has 0 saturated heterocycles. The van der Waals surface area contributed by atoms with E-state index in [0.717, 1.165) is 19.3 Å². The third-order valence-corrected chi connectivity index (χ3v) is 5.55. The summed E-state index contributed by atoms with van der Waals surface area (Å²) in [6, 6.07) is 1.50. The van der Waals surface area contributed by atoms with Gasteiger partial charge in [-0.25, -0.2) is 13.4 Å². The molecule has 1 aromatic heterocycles. The fourth-order valence-electron chi connectivity index (χ4n) is 1.95. The average molecular weight is 318 g/mol. The Bertz CT molecular complexity index is 585. The molecule has 0 unspecified atom stereocenters. The Labute approximate surface area is 125 Å². The van der Waals surface area contributed by atoms with E-state index in [9.17, 15) is 8.42 Å². The maximum absolute atomic E-state index is 12.7. The molecule has 0 atom stereocenters. The van der Waals surface area contributed by atoms with Crippen LogP contribution in [0.25, 0.3) is 0 Å². The highest BCUT2D eigenvalue weighted by Gasteiger charge is 2.38. The van der Waals surface area contributed by atoms with E-state index in [0.29, 0.717) is 12.5 Å². The standard InChI is InChI=1S/C13H20ClN3O2S/c1-9(2)5-6-17(10-3-4-10)20(18,19)11-7-12(14)13(15)16-8-11/h7-10H,3-6H2,1-2H3,(H2,15,16). The van der Waals surface area contributed by atoms with E-state index in [-0.39, 0.29) is 21.8 Å². The van der Waals surface area contributed by atoms with Gasteiger partial charge in [0.25, 0.3) is 0 Å². The number of rotatable bonds is 6. The molecule has 20 heavy (non-hydrogen) atoms. The van der Waals surface area contributed by atoms with Crippen LogP contribution in [0.3, 0.4) is 0 Å². The number of hydrogen-bond donors (Lipinski definition) is 1. The molecule has 1 aliphatic rings. The van der Waals surface area contributed by atoms with Gasteiger partial charge in [-0.3, -0.25) is 0 Å². The lowest BCUT2D eigenvalue weighted by Crippen LogP contribution is -2.34. The molecule has 0 amide bonds. The summed E-state index contributed by atoms with van der Waals surface area (Å²) in [5.74, 6) is 0.602. The molecule has 0 aromatic carbocycles. The normalized spacial score (nSPS) is 16.1. The summed E-state index contributed by atoms with van der Waals surface area (Å²) in [6.45, 7) is 4.70. The van der Waals surface area contributed by atoms with Crippen LogP contribution in [0.15, 0.2) is 17.2 Å².